The van der Waals surface area contributed by atoms with Crippen molar-refractivity contribution in [1.29, 1.82) is 0 Å². The largest absolute Gasteiger partial charge is 0.333 e. The summed E-state index contributed by atoms with van der Waals surface area (Å²) in [5.74, 6) is -0.230. The lowest BCUT2D eigenvalue weighted by atomic mass is 10.1. The molecule has 3 heterocycles. The quantitative estimate of drug-likeness (QED) is 0.928. The summed E-state index contributed by atoms with van der Waals surface area (Å²) < 4.78 is 0. The van der Waals surface area contributed by atoms with Crippen LogP contribution in [0.5, 0.6) is 0 Å². The third-order valence-corrected chi connectivity index (χ3v) is 5.36. The third kappa shape index (κ3) is 3.31. The summed E-state index contributed by atoms with van der Waals surface area (Å²) in [5, 5.41) is 0. The van der Waals surface area contributed by atoms with E-state index in [-0.39, 0.29) is 17.6 Å². The van der Waals surface area contributed by atoms with Gasteiger partial charge in [-0.25, -0.2) is 4.98 Å². The first-order chi connectivity index (χ1) is 12.2. The highest BCUT2D eigenvalue weighted by Gasteiger charge is 2.33. The van der Waals surface area contributed by atoms with Gasteiger partial charge in [-0.05, 0) is 50.9 Å². The van der Waals surface area contributed by atoms with E-state index >= 15 is 0 Å². The Morgan fingerprint density at radius 1 is 1.12 bits per heavy atom. The Balaban J connectivity index is 1.56. The highest BCUT2D eigenvalue weighted by Crippen LogP contribution is 2.21. The number of H-pyrrole nitrogens is 1. The number of carbonyl (C=O) groups excluding carboxylic acids is 1. The smallest absolute Gasteiger partial charge is 0.280 e. The van der Waals surface area contributed by atoms with Crippen molar-refractivity contribution in [3.05, 3.63) is 40.3 Å². The highest BCUT2D eigenvalue weighted by molar-refractivity contribution is 5.94. The predicted molar refractivity (Wildman–Crippen MR) is 96.7 cm³/mol. The average molecular weight is 340 g/mol. The number of aromatic amines is 1. The van der Waals surface area contributed by atoms with E-state index in [9.17, 15) is 9.59 Å². The van der Waals surface area contributed by atoms with Crippen molar-refractivity contribution >= 4 is 16.9 Å². The standard InChI is InChI=1S/C19H24N4O2/c24-18-17(20-15-8-2-3-9-16(15)21-18)19(25)23-12-6-7-14(23)13-22-10-4-1-5-11-22/h2-3,8-9,14H,1,4-7,10-13H2,(H,21,24). The van der Waals surface area contributed by atoms with Gasteiger partial charge in [0.25, 0.3) is 11.5 Å². The maximum absolute atomic E-state index is 13.0. The van der Waals surface area contributed by atoms with Gasteiger partial charge in [0.05, 0.1) is 11.0 Å². The van der Waals surface area contributed by atoms with Gasteiger partial charge < -0.3 is 14.8 Å². The van der Waals surface area contributed by atoms with Crippen LogP contribution in [-0.2, 0) is 0 Å². The van der Waals surface area contributed by atoms with Crippen molar-refractivity contribution in [3.8, 4) is 0 Å². The topological polar surface area (TPSA) is 69.3 Å². The maximum Gasteiger partial charge on any atom is 0.280 e. The number of carbonyl (C=O) groups is 1. The Bertz CT molecular complexity index is 826. The van der Waals surface area contributed by atoms with E-state index < -0.39 is 5.56 Å². The molecule has 0 bridgehead atoms. The van der Waals surface area contributed by atoms with Gasteiger partial charge in [0.15, 0.2) is 5.69 Å². The zero-order valence-corrected chi connectivity index (χ0v) is 14.4. The monoisotopic (exact) mass is 340 g/mol. The van der Waals surface area contributed by atoms with Crippen molar-refractivity contribution in [3.63, 3.8) is 0 Å². The van der Waals surface area contributed by atoms with Crippen LogP contribution in [-0.4, -0.2) is 57.9 Å². The molecule has 2 aliphatic heterocycles. The molecule has 2 saturated heterocycles. The van der Waals surface area contributed by atoms with Gasteiger partial charge in [0.1, 0.15) is 0 Å². The minimum Gasteiger partial charge on any atom is -0.333 e. The van der Waals surface area contributed by atoms with E-state index in [1.807, 2.05) is 23.1 Å². The molecule has 2 aromatic rings. The molecule has 4 rings (SSSR count). The van der Waals surface area contributed by atoms with E-state index in [0.29, 0.717) is 17.6 Å². The molecule has 2 aliphatic rings. The molecule has 25 heavy (non-hydrogen) atoms. The van der Waals surface area contributed by atoms with Crippen LogP contribution in [0.1, 0.15) is 42.6 Å². The molecule has 0 radical (unpaired) electrons. The van der Waals surface area contributed by atoms with Crippen LogP contribution in [0.15, 0.2) is 29.1 Å². The number of rotatable bonds is 3. The van der Waals surface area contributed by atoms with E-state index in [1.165, 1.54) is 19.3 Å². The van der Waals surface area contributed by atoms with Gasteiger partial charge in [0, 0.05) is 19.1 Å². The predicted octanol–water partition coefficient (Wildman–Crippen LogP) is 2.01. The van der Waals surface area contributed by atoms with E-state index in [0.717, 1.165) is 32.5 Å². The van der Waals surface area contributed by atoms with Crippen molar-refractivity contribution in [2.75, 3.05) is 26.2 Å². The number of amides is 1. The molecule has 1 aromatic heterocycles. The fourth-order valence-electron chi connectivity index (χ4n) is 4.04. The molecule has 1 unspecified atom stereocenters. The molecule has 6 heteroatoms. The minimum absolute atomic E-state index is 0.0178. The summed E-state index contributed by atoms with van der Waals surface area (Å²) in [6.45, 7) is 3.86. The van der Waals surface area contributed by atoms with E-state index in [4.69, 9.17) is 0 Å². The molecule has 0 aliphatic carbocycles. The first-order valence-corrected chi connectivity index (χ1v) is 9.25. The number of hydrogen-bond donors (Lipinski definition) is 1. The van der Waals surface area contributed by atoms with Gasteiger partial charge in [-0.2, -0.15) is 0 Å². The zero-order valence-electron chi connectivity index (χ0n) is 14.4. The van der Waals surface area contributed by atoms with E-state index in [1.54, 1.807) is 6.07 Å². The molecule has 0 saturated carbocycles. The van der Waals surface area contributed by atoms with Gasteiger partial charge in [-0.15, -0.1) is 0 Å². The molecule has 1 N–H and O–H groups in total. The number of piperidine rings is 1. The van der Waals surface area contributed by atoms with Crippen molar-refractivity contribution < 1.29 is 4.79 Å². The SMILES string of the molecule is O=C(c1nc2ccccc2[nH]c1=O)N1CCCC1CN1CCCCC1. The average Bonchev–Trinajstić information content (AvgIpc) is 3.09. The highest BCUT2D eigenvalue weighted by atomic mass is 16.2. The Morgan fingerprint density at radius 3 is 2.76 bits per heavy atom. The summed E-state index contributed by atoms with van der Waals surface area (Å²) in [5.41, 5.74) is 0.934. The summed E-state index contributed by atoms with van der Waals surface area (Å²) in [7, 11) is 0. The van der Waals surface area contributed by atoms with Crippen LogP contribution in [0, 0.1) is 0 Å². The number of para-hydroxylation sites is 2. The molecule has 1 atom stereocenters. The number of hydrogen-bond acceptors (Lipinski definition) is 4. The number of benzene rings is 1. The van der Waals surface area contributed by atoms with Crippen molar-refractivity contribution in [1.82, 2.24) is 19.8 Å². The summed E-state index contributed by atoms with van der Waals surface area (Å²) in [6.07, 6.45) is 5.79. The van der Waals surface area contributed by atoms with Gasteiger partial charge >= 0.3 is 0 Å². The molecule has 1 amide bonds. The van der Waals surface area contributed by atoms with Crippen LogP contribution < -0.4 is 5.56 Å². The van der Waals surface area contributed by atoms with Crippen LogP contribution in [0.3, 0.4) is 0 Å². The number of fused-ring (bicyclic) bond motifs is 1. The molecule has 132 valence electrons. The van der Waals surface area contributed by atoms with Crippen LogP contribution in [0.25, 0.3) is 11.0 Å². The lowest BCUT2D eigenvalue weighted by molar-refractivity contribution is 0.0683. The van der Waals surface area contributed by atoms with E-state index in [2.05, 4.69) is 14.9 Å². The molecular formula is C19H24N4O2. The number of aromatic nitrogens is 2. The minimum atomic E-state index is -0.396. The Kier molecular flexibility index (Phi) is 4.53. The van der Waals surface area contributed by atoms with Crippen LogP contribution >= 0.6 is 0 Å². The van der Waals surface area contributed by atoms with Gasteiger partial charge in [-0.1, -0.05) is 18.6 Å². The number of likely N-dealkylation sites (tertiary alicyclic amines) is 2. The third-order valence-electron chi connectivity index (χ3n) is 5.36. The lowest BCUT2D eigenvalue weighted by Gasteiger charge is -2.32. The summed E-state index contributed by atoms with van der Waals surface area (Å²) in [6, 6.07) is 7.51. The molecule has 2 fully saturated rings. The zero-order chi connectivity index (χ0) is 17.2. The van der Waals surface area contributed by atoms with Crippen LogP contribution in [0.2, 0.25) is 0 Å². The van der Waals surface area contributed by atoms with Gasteiger partial charge in [0.2, 0.25) is 0 Å². The summed E-state index contributed by atoms with van der Waals surface area (Å²) in [4.78, 5) is 36.8. The Hall–Kier alpha value is -2.21. The lowest BCUT2D eigenvalue weighted by Crippen LogP contribution is -2.46. The first kappa shape index (κ1) is 16.3. The van der Waals surface area contributed by atoms with Crippen molar-refractivity contribution in [2.45, 2.75) is 38.1 Å². The first-order valence-electron chi connectivity index (χ1n) is 9.25. The fraction of sp³-hybridized carbons (Fsp3) is 0.526. The second-order valence-electron chi connectivity index (χ2n) is 7.09. The van der Waals surface area contributed by atoms with Crippen LogP contribution in [0.4, 0.5) is 0 Å². The maximum atomic E-state index is 13.0. The molecular weight excluding hydrogens is 316 g/mol. The second kappa shape index (κ2) is 6.96. The summed E-state index contributed by atoms with van der Waals surface area (Å²) >= 11 is 0. The molecule has 1 aromatic carbocycles. The number of nitrogens with zero attached hydrogens (tertiary/aromatic N) is 3. The number of nitrogens with one attached hydrogen (secondary N) is 1. The van der Waals surface area contributed by atoms with Gasteiger partial charge in [-0.3, -0.25) is 9.59 Å². The molecule has 0 spiro atoms. The Labute approximate surface area is 146 Å². The molecule has 6 nitrogen and oxygen atoms in total. The second-order valence-corrected chi connectivity index (χ2v) is 7.09. The fourth-order valence-corrected chi connectivity index (χ4v) is 4.04. The normalized spacial score (nSPS) is 21.8. The Morgan fingerprint density at radius 2 is 1.92 bits per heavy atom. The van der Waals surface area contributed by atoms with Crippen molar-refractivity contribution in [2.24, 2.45) is 0 Å².